The Balaban J connectivity index is 1.29. The lowest BCUT2D eigenvalue weighted by atomic mass is 9.33. The molecule has 368 valence electrons. The van der Waals surface area contributed by atoms with Crippen molar-refractivity contribution < 1.29 is 0 Å². The SMILES string of the molecule is CC(C)c1cc2c3c(c1)N(c1ccc(C(C)(C)C)cc1-c1ccccc1-c1ccccc1)c1cc(C(C)(C)C)ccc1B3c1cc3c(cc1N2c1ccc2c(c1)C(C)(C)CCC2(C)C)C(C)(C)CCC3(C)C. The molecule has 0 aromatic heterocycles. The van der Waals surface area contributed by atoms with Crippen LogP contribution in [0.5, 0.6) is 0 Å². The van der Waals surface area contributed by atoms with Crippen molar-refractivity contribution >= 4 is 57.2 Å². The van der Waals surface area contributed by atoms with Gasteiger partial charge in [-0.3, -0.25) is 0 Å². The third-order valence-electron chi connectivity index (χ3n) is 18.1. The first-order chi connectivity index (χ1) is 33.8. The minimum Gasteiger partial charge on any atom is -0.311 e. The molecule has 4 aliphatic rings. The lowest BCUT2D eigenvalue weighted by Crippen LogP contribution is -2.62. The molecule has 3 heteroatoms. The quantitative estimate of drug-likeness (QED) is 0.159. The Labute approximate surface area is 434 Å². The van der Waals surface area contributed by atoms with E-state index in [2.05, 4.69) is 254 Å². The zero-order chi connectivity index (χ0) is 51.2. The van der Waals surface area contributed by atoms with Crippen LogP contribution in [0.4, 0.5) is 34.1 Å². The highest BCUT2D eigenvalue weighted by Gasteiger charge is 2.48. The average molecular weight is 947 g/mol. The molecule has 2 nitrogen and oxygen atoms in total. The largest absolute Gasteiger partial charge is 0.311 e. The molecule has 2 heterocycles. The lowest BCUT2D eigenvalue weighted by molar-refractivity contribution is 0.332. The van der Waals surface area contributed by atoms with Gasteiger partial charge in [-0.25, -0.2) is 0 Å². The van der Waals surface area contributed by atoms with Gasteiger partial charge in [-0.2, -0.15) is 0 Å². The molecule has 0 fully saturated rings. The predicted octanol–water partition coefficient (Wildman–Crippen LogP) is 17.5. The van der Waals surface area contributed by atoms with Crippen LogP contribution in [0.1, 0.15) is 181 Å². The van der Waals surface area contributed by atoms with Crippen LogP contribution in [0, 0.1) is 0 Å². The van der Waals surface area contributed by atoms with Gasteiger partial charge in [0.25, 0.3) is 6.71 Å². The normalized spacial score (nSPS) is 18.0. The zero-order valence-electron chi connectivity index (χ0n) is 46.6. The first kappa shape index (κ1) is 48.5. The van der Waals surface area contributed by atoms with Gasteiger partial charge in [0.2, 0.25) is 0 Å². The number of benzene rings is 7. The Morgan fingerprint density at radius 3 is 1.54 bits per heavy atom. The third kappa shape index (κ3) is 7.73. The van der Waals surface area contributed by atoms with Gasteiger partial charge in [0.15, 0.2) is 0 Å². The molecular weight excluding hydrogens is 868 g/mol. The summed E-state index contributed by atoms with van der Waals surface area (Å²) in [5, 5.41) is 0. The summed E-state index contributed by atoms with van der Waals surface area (Å²) in [6, 6.07) is 53.2. The number of hydrogen-bond donors (Lipinski definition) is 0. The molecule has 0 amide bonds. The second kappa shape index (κ2) is 16.4. The Hall–Kier alpha value is -5.80. The third-order valence-corrected chi connectivity index (χ3v) is 18.1. The topological polar surface area (TPSA) is 6.48 Å². The first-order valence-electron chi connectivity index (χ1n) is 27.3. The van der Waals surface area contributed by atoms with Crippen LogP contribution in [-0.4, -0.2) is 6.71 Å². The number of rotatable bonds is 5. The molecule has 0 saturated heterocycles. The molecule has 0 saturated carbocycles. The van der Waals surface area contributed by atoms with Crippen molar-refractivity contribution in [3.8, 4) is 22.3 Å². The van der Waals surface area contributed by atoms with Crippen molar-refractivity contribution in [2.45, 2.75) is 175 Å². The van der Waals surface area contributed by atoms with E-state index < -0.39 is 0 Å². The van der Waals surface area contributed by atoms with Crippen LogP contribution in [-0.2, 0) is 32.5 Å². The molecule has 7 aromatic carbocycles. The summed E-state index contributed by atoms with van der Waals surface area (Å²) in [7, 11) is 0. The Bertz CT molecular complexity index is 3310. The second-order valence-electron chi connectivity index (χ2n) is 27.4. The van der Waals surface area contributed by atoms with Crippen molar-refractivity contribution in [3.63, 3.8) is 0 Å². The number of hydrogen-bond acceptors (Lipinski definition) is 2. The molecule has 0 radical (unpaired) electrons. The van der Waals surface area contributed by atoms with E-state index in [-0.39, 0.29) is 39.2 Å². The molecule has 0 atom stereocenters. The van der Waals surface area contributed by atoms with E-state index in [4.69, 9.17) is 0 Å². The van der Waals surface area contributed by atoms with E-state index in [9.17, 15) is 0 Å². The van der Waals surface area contributed by atoms with Crippen molar-refractivity contribution in [2.75, 3.05) is 9.80 Å². The second-order valence-corrected chi connectivity index (χ2v) is 27.4. The van der Waals surface area contributed by atoms with Crippen molar-refractivity contribution in [1.82, 2.24) is 0 Å². The molecule has 7 aromatic rings. The smallest absolute Gasteiger partial charge is 0.252 e. The molecule has 2 aliphatic carbocycles. The fourth-order valence-electron chi connectivity index (χ4n) is 13.1. The maximum absolute atomic E-state index is 2.73. The van der Waals surface area contributed by atoms with Gasteiger partial charge >= 0.3 is 0 Å². The predicted molar refractivity (Wildman–Crippen MR) is 313 cm³/mol. The summed E-state index contributed by atoms with van der Waals surface area (Å²) in [5.41, 5.74) is 27.1. The van der Waals surface area contributed by atoms with E-state index >= 15 is 0 Å². The highest BCUT2D eigenvalue weighted by molar-refractivity contribution is 7.00. The number of anilines is 6. The van der Waals surface area contributed by atoms with E-state index in [1.165, 1.54) is 137 Å². The Morgan fingerprint density at radius 1 is 0.417 bits per heavy atom. The summed E-state index contributed by atoms with van der Waals surface area (Å²) in [4.78, 5) is 5.44. The summed E-state index contributed by atoms with van der Waals surface area (Å²) in [5.74, 6) is 0.297. The summed E-state index contributed by atoms with van der Waals surface area (Å²) in [6.07, 6.45) is 4.72. The van der Waals surface area contributed by atoms with E-state index in [0.717, 1.165) is 0 Å². The van der Waals surface area contributed by atoms with Gasteiger partial charge in [0.1, 0.15) is 0 Å². The van der Waals surface area contributed by atoms with Crippen molar-refractivity contribution in [3.05, 3.63) is 172 Å². The molecular formula is C69H79BN2. The Kier molecular flexibility index (Phi) is 11.0. The number of nitrogens with zero attached hydrogens (tertiary/aromatic N) is 2. The van der Waals surface area contributed by atoms with Gasteiger partial charge in [0, 0.05) is 34.0 Å². The monoisotopic (exact) mass is 947 g/mol. The summed E-state index contributed by atoms with van der Waals surface area (Å²) >= 11 is 0. The van der Waals surface area contributed by atoms with Crippen LogP contribution >= 0.6 is 0 Å². The van der Waals surface area contributed by atoms with E-state index in [0.29, 0.717) is 5.92 Å². The minimum absolute atomic E-state index is 0.0239. The van der Waals surface area contributed by atoms with Crippen LogP contribution in [0.2, 0.25) is 0 Å². The molecule has 11 rings (SSSR count). The highest BCUT2D eigenvalue weighted by Crippen LogP contribution is 2.54. The standard InChI is InChI=1S/C69H79BN2/c1-43(2)45-36-61-63-62(37-45)72(58-31-27-46(64(3,4)5)38-51(58)50-25-21-20-24-49(50)44-22-18-17-19-23-44)59-39-47(65(6,7)8)26-30-56(59)70(63)57-41-54-55(69(15,16)35-34-68(54,13)14)42-60(57)71(61)48-28-29-52-53(40-48)67(11,12)33-32-66(52,9)10/h17-31,36-43H,32-35H2,1-16H3. The highest BCUT2D eigenvalue weighted by atomic mass is 15.2. The van der Waals surface area contributed by atoms with Gasteiger partial charge in [-0.15, -0.1) is 0 Å². The van der Waals surface area contributed by atoms with Crippen LogP contribution in [0.25, 0.3) is 22.3 Å². The average Bonchev–Trinajstić information content (AvgIpc) is 3.33. The maximum atomic E-state index is 2.73. The van der Waals surface area contributed by atoms with Gasteiger partial charge in [-0.1, -0.05) is 196 Å². The Morgan fingerprint density at radius 2 is 0.931 bits per heavy atom. The van der Waals surface area contributed by atoms with Crippen LogP contribution in [0.3, 0.4) is 0 Å². The first-order valence-corrected chi connectivity index (χ1v) is 27.3. The molecule has 0 bridgehead atoms. The molecule has 0 N–H and O–H groups in total. The molecule has 0 spiro atoms. The number of fused-ring (bicyclic) bond motifs is 6. The van der Waals surface area contributed by atoms with Gasteiger partial charge < -0.3 is 9.80 Å². The van der Waals surface area contributed by atoms with Crippen LogP contribution < -0.4 is 26.2 Å². The maximum Gasteiger partial charge on any atom is 0.252 e. The van der Waals surface area contributed by atoms with Gasteiger partial charge in [-0.05, 0) is 185 Å². The minimum atomic E-state index is -0.0600. The molecule has 72 heavy (non-hydrogen) atoms. The van der Waals surface area contributed by atoms with Crippen LogP contribution in [0.15, 0.2) is 133 Å². The van der Waals surface area contributed by atoms with Crippen molar-refractivity contribution in [2.24, 2.45) is 0 Å². The lowest BCUT2D eigenvalue weighted by Gasteiger charge is -2.48. The van der Waals surface area contributed by atoms with E-state index in [1.54, 1.807) is 0 Å². The van der Waals surface area contributed by atoms with Crippen molar-refractivity contribution in [1.29, 1.82) is 0 Å². The van der Waals surface area contributed by atoms with E-state index in [1.807, 2.05) is 0 Å². The molecule has 0 unspecified atom stereocenters. The van der Waals surface area contributed by atoms with Gasteiger partial charge in [0.05, 0.1) is 5.69 Å². The fourth-order valence-corrected chi connectivity index (χ4v) is 13.1. The summed E-state index contributed by atoms with van der Waals surface area (Å²) in [6.45, 7) is 38.8. The molecule has 2 aliphatic heterocycles. The zero-order valence-corrected chi connectivity index (χ0v) is 46.6. The fraction of sp³-hybridized carbons (Fsp3) is 0.391. The summed E-state index contributed by atoms with van der Waals surface area (Å²) < 4.78 is 0.